The number of ether oxygens (including phenoxy) is 1. The molecule has 1 amide bonds. The van der Waals surface area contributed by atoms with E-state index in [2.05, 4.69) is 4.40 Å². The van der Waals surface area contributed by atoms with Gasteiger partial charge in [0.1, 0.15) is 5.84 Å². The second-order valence-electron chi connectivity index (χ2n) is 6.62. The fourth-order valence-electron chi connectivity index (χ4n) is 2.92. The van der Waals surface area contributed by atoms with Crippen molar-refractivity contribution in [1.82, 2.24) is 4.90 Å². The highest BCUT2D eigenvalue weighted by atomic mass is 32.2. The fourth-order valence-corrected chi connectivity index (χ4v) is 3.89. The van der Waals surface area contributed by atoms with Gasteiger partial charge in [-0.2, -0.15) is 0 Å². The molecule has 0 aromatic heterocycles. The summed E-state index contributed by atoms with van der Waals surface area (Å²) >= 11 is 0. The Balaban J connectivity index is 1.65. The number of benzene rings is 1. The molecule has 1 aromatic carbocycles. The molecule has 0 radical (unpaired) electrons. The molecule has 0 unspecified atom stereocenters. The van der Waals surface area contributed by atoms with Gasteiger partial charge in [0.25, 0.3) is 15.9 Å². The van der Waals surface area contributed by atoms with Gasteiger partial charge in [0, 0.05) is 24.5 Å². The molecule has 1 aromatic rings. The second kappa shape index (κ2) is 7.97. The minimum Gasteiger partial charge on any atom is -0.452 e. The fraction of sp³-hybridized carbons (Fsp3) is 0.316. The van der Waals surface area contributed by atoms with E-state index in [4.69, 9.17) is 4.74 Å². The number of sulfonamides is 1. The normalized spacial score (nSPS) is 17.5. The maximum atomic E-state index is 12.6. The summed E-state index contributed by atoms with van der Waals surface area (Å²) in [5.74, 6) is -0.855. The van der Waals surface area contributed by atoms with E-state index in [9.17, 15) is 18.0 Å². The molecule has 0 saturated heterocycles. The summed E-state index contributed by atoms with van der Waals surface area (Å²) in [4.78, 5) is 28.1. The Morgan fingerprint density at radius 3 is 2.61 bits per heavy atom. The number of hydrogen-bond acceptors (Lipinski definition) is 6. The van der Waals surface area contributed by atoms with Crippen LogP contribution in [0.25, 0.3) is 0 Å². The summed E-state index contributed by atoms with van der Waals surface area (Å²) < 4.78 is 31.9. The Hall–Kier alpha value is -2.94. The number of esters is 1. The summed E-state index contributed by atoms with van der Waals surface area (Å²) in [7, 11) is -3.46. The Bertz CT molecular complexity index is 965. The van der Waals surface area contributed by atoms with Crippen LogP contribution in [0.5, 0.6) is 0 Å². The first-order chi connectivity index (χ1) is 13.3. The van der Waals surface area contributed by atoms with E-state index in [0.29, 0.717) is 0 Å². The van der Waals surface area contributed by atoms with Crippen molar-refractivity contribution < 1.29 is 22.7 Å². The topological polar surface area (TPSA) is 96.4 Å². The van der Waals surface area contributed by atoms with Crippen molar-refractivity contribution in [3.05, 3.63) is 54.3 Å². The molecule has 9 heteroatoms. The SMILES string of the molecule is CC(C)N(C(=O)COC(=O)C1=CN2CCS(=O)(=O)N=C2C=C1)c1ccccc1. The standard InChI is InChI=1S/C19H21N3O5S/c1-14(2)22(16-6-4-3-5-7-16)18(23)13-27-19(24)15-8-9-17-20-28(25,26)11-10-21(17)12-15/h3-9,12,14H,10-11,13H2,1-2H3. The maximum absolute atomic E-state index is 12.6. The van der Waals surface area contributed by atoms with Crippen molar-refractivity contribution in [2.75, 3.05) is 23.8 Å². The molecule has 0 fully saturated rings. The summed E-state index contributed by atoms with van der Waals surface area (Å²) in [5, 5.41) is 0. The molecule has 0 bridgehead atoms. The number of carbonyl (C=O) groups excluding carboxylic acids is 2. The number of nitrogens with zero attached hydrogens (tertiary/aromatic N) is 3. The van der Waals surface area contributed by atoms with Gasteiger partial charge >= 0.3 is 5.97 Å². The average molecular weight is 403 g/mol. The average Bonchev–Trinajstić information content (AvgIpc) is 2.65. The van der Waals surface area contributed by atoms with Gasteiger partial charge in [0.15, 0.2) is 6.61 Å². The van der Waals surface area contributed by atoms with Crippen molar-refractivity contribution in [2.45, 2.75) is 19.9 Å². The Morgan fingerprint density at radius 2 is 1.93 bits per heavy atom. The van der Waals surface area contributed by atoms with Crippen LogP contribution in [0.1, 0.15) is 13.8 Å². The minimum absolute atomic E-state index is 0.100. The summed E-state index contributed by atoms with van der Waals surface area (Å²) in [5.41, 5.74) is 0.951. The van der Waals surface area contributed by atoms with Crippen LogP contribution < -0.4 is 4.90 Å². The predicted octanol–water partition coefficient (Wildman–Crippen LogP) is 1.47. The van der Waals surface area contributed by atoms with Gasteiger partial charge in [-0.15, -0.1) is 4.40 Å². The first kappa shape index (κ1) is 19.8. The number of hydrogen-bond donors (Lipinski definition) is 0. The third-order valence-corrected chi connectivity index (χ3v) is 5.37. The lowest BCUT2D eigenvalue weighted by molar-refractivity contribution is -0.143. The van der Waals surface area contributed by atoms with Crippen molar-refractivity contribution in [3.63, 3.8) is 0 Å². The van der Waals surface area contributed by atoms with E-state index in [1.54, 1.807) is 9.80 Å². The Kier molecular flexibility index (Phi) is 5.64. The number of amides is 1. The third kappa shape index (κ3) is 4.48. The highest BCUT2D eigenvalue weighted by Gasteiger charge is 2.26. The van der Waals surface area contributed by atoms with Crippen molar-refractivity contribution in [1.29, 1.82) is 0 Å². The number of fused-ring (bicyclic) bond motifs is 1. The van der Waals surface area contributed by atoms with Crippen LogP contribution in [0.2, 0.25) is 0 Å². The number of amidine groups is 1. The molecule has 2 heterocycles. The monoisotopic (exact) mass is 403 g/mol. The second-order valence-corrected chi connectivity index (χ2v) is 8.37. The molecule has 0 aliphatic carbocycles. The largest absolute Gasteiger partial charge is 0.452 e. The van der Waals surface area contributed by atoms with Gasteiger partial charge < -0.3 is 14.5 Å². The smallest absolute Gasteiger partial charge is 0.340 e. The lowest BCUT2D eigenvalue weighted by Gasteiger charge is -2.27. The Morgan fingerprint density at radius 1 is 1.21 bits per heavy atom. The molecule has 2 aliphatic heterocycles. The molecule has 0 atom stereocenters. The van der Waals surface area contributed by atoms with Crippen LogP contribution in [0.4, 0.5) is 5.69 Å². The molecule has 2 aliphatic rings. The minimum atomic E-state index is -3.46. The lowest BCUT2D eigenvalue weighted by Crippen LogP contribution is -2.40. The molecule has 0 saturated carbocycles. The zero-order valence-corrected chi connectivity index (χ0v) is 16.4. The van der Waals surface area contributed by atoms with Crippen molar-refractivity contribution in [3.8, 4) is 0 Å². The Labute approximate surface area is 163 Å². The molecular weight excluding hydrogens is 382 g/mol. The van der Waals surface area contributed by atoms with Crippen LogP contribution >= 0.6 is 0 Å². The number of carbonyl (C=O) groups is 2. The number of rotatable bonds is 5. The molecule has 0 N–H and O–H groups in total. The first-order valence-corrected chi connectivity index (χ1v) is 10.4. The highest BCUT2D eigenvalue weighted by molar-refractivity contribution is 7.90. The van der Waals surface area contributed by atoms with Gasteiger partial charge in [-0.25, -0.2) is 13.2 Å². The van der Waals surface area contributed by atoms with Crippen LogP contribution in [0.3, 0.4) is 0 Å². The lowest BCUT2D eigenvalue weighted by atomic mass is 10.2. The quantitative estimate of drug-likeness (QED) is 0.691. The van der Waals surface area contributed by atoms with E-state index in [1.165, 1.54) is 18.4 Å². The van der Waals surface area contributed by atoms with Gasteiger partial charge in [-0.3, -0.25) is 4.79 Å². The zero-order chi connectivity index (χ0) is 20.3. The summed E-state index contributed by atoms with van der Waals surface area (Å²) in [6.07, 6.45) is 4.36. The van der Waals surface area contributed by atoms with Gasteiger partial charge in [0.05, 0.1) is 11.3 Å². The zero-order valence-electron chi connectivity index (χ0n) is 15.6. The first-order valence-electron chi connectivity index (χ1n) is 8.80. The molecule has 28 heavy (non-hydrogen) atoms. The molecule has 3 rings (SSSR count). The van der Waals surface area contributed by atoms with Gasteiger partial charge in [-0.1, -0.05) is 18.2 Å². The predicted molar refractivity (Wildman–Crippen MR) is 105 cm³/mol. The van der Waals surface area contributed by atoms with E-state index in [-0.39, 0.29) is 35.7 Å². The van der Waals surface area contributed by atoms with Crippen LogP contribution in [-0.4, -0.2) is 56.0 Å². The van der Waals surface area contributed by atoms with E-state index in [0.717, 1.165) is 5.69 Å². The maximum Gasteiger partial charge on any atom is 0.340 e. The van der Waals surface area contributed by atoms with Crippen LogP contribution in [0.15, 0.2) is 58.7 Å². The van der Waals surface area contributed by atoms with Gasteiger partial charge in [0.2, 0.25) is 0 Å². The third-order valence-electron chi connectivity index (χ3n) is 4.21. The molecular formula is C19H21N3O5S. The molecule has 148 valence electrons. The highest BCUT2D eigenvalue weighted by Crippen LogP contribution is 2.18. The van der Waals surface area contributed by atoms with E-state index >= 15 is 0 Å². The van der Waals surface area contributed by atoms with Crippen LogP contribution in [-0.2, 0) is 24.3 Å². The summed E-state index contributed by atoms with van der Waals surface area (Å²) in [6.45, 7) is 3.57. The molecule has 0 spiro atoms. The van der Waals surface area contributed by atoms with Crippen molar-refractivity contribution in [2.24, 2.45) is 4.40 Å². The van der Waals surface area contributed by atoms with Crippen LogP contribution in [0, 0.1) is 0 Å². The van der Waals surface area contributed by atoms with E-state index in [1.807, 2.05) is 44.2 Å². The molecule has 8 nitrogen and oxygen atoms in total. The van der Waals surface area contributed by atoms with Gasteiger partial charge in [-0.05, 0) is 38.1 Å². The number of para-hydroxylation sites is 1. The number of anilines is 1. The van der Waals surface area contributed by atoms with Crippen molar-refractivity contribution >= 4 is 33.4 Å². The van der Waals surface area contributed by atoms with E-state index < -0.39 is 22.6 Å². The summed E-state index contributed by atoms with van der Waals surface area (Å²) in [6, 6.07) is 9.06.